The third-order valence-electron chi connectivity index (χ3n) is 8.20. The van der Waals surface area contributed by atoms with Gasteiger partial charge in [-0.25, -0.2) is 17.2 Å². The maximum Gasteiger partial charge on any atom is 0.266 e. The Bertz CT molecular complexity index is 1510. The number of pyridine rings is 1. The number of anilines is 1. The molecule has 2 bridgehead atoms. The van der Waals surface area contributed by atoms with Crippen molar-refractivity contribution in [2.75, 3.05) is 37.7 Å². The van der Waals surface area contributed by atoms with E-state index in [1.807, 2.05) is 6.07 Å². The number of carbonyl (C=O) groups is 1. The largest absolute Gasteiger partial charge is 0.374 e. The Kier molecular flexibility index (Phi) is 5.34. The van der Waals surface area contributed by atoms with Crippen LogP contribution in [0.15, 0.2) is 47.5 Å². The molecule has 0 spiro atoms. The SMILES string of the molecule is O=C([C@@H]1CCN1S(=O)(=O)c1ccc(N2CCC(F)(F)C2)c(-c2cc3ncccc3[nH]2)c1)N1C[C@@H]2C[C@H]1CO2. The van der Waals surface area contributed by atoms with E-state index in [-0.39, 0.29) is 42.5 Å². The molecule has 38 heavy (non-hydrogen) atoms. The molecule has 7 rings (SSSR count). The maximum atomic E-state index is 14.1. The molecule has 6 heterocycles. The second-order valence-electron chi connectivity index (χ2n) is 10.6. The number of alkyl halides is 2. The van der Waals surface area contributed by atoms with E-state index < -0.39 is 28.5 Å². The number of likely N-dealkylation sites (tertiary alicyclic amines) is 1. The van der Waals surface area contributed by atoms with E-state index in [0.29, 0.717) is 42.0 Å². The lowest BCUT2D eigenvalue weighted by Gasteiger charge is -2.41. The van der Waals surface area contributed by atoms with Crippen molar-refractivity contribution in [3.05, 3.63) is 42.6 Å². The minimum Gasteiger partial charge on any atom is -0.374 e. The Morgan fingerprint density at radius 3 is 2.71 bits per heavy atom. The van der Waals surface area contributed by atoms with Gasteiger partial charge >= 0.3 is 0 Å². The smallest absolute Gasteiger partial charge is 0.266 e. The lowest BCUT2D eigenvalue weighted by atomic mass is 10.1. The van der Waals surface area contributed by atoms with E-state index in [1.54, 1.807) is 34.2 Å². The fourth-order valence-electron chi connectivity index (χ4n) is 6.10. The van der Waals surface area contributed by atoms with Gasteiger partial charge in [-0.05, 0) is 49.2 Å². The number of rotatable bonds is 5. The number of carbonyl (C=O) groups excluding carboxylic acids is 1. The molecule has 1 aromatic carbocycles. The fraction of sp³-hybridized carbons (Fsp3) is 0.462. The van der Waals surface area contributed by atoms with Crippen LogP contribution in [0.25, 0.3) is 22.3 Å². The molecule has 1 amide bonds. The van der Waals surface area contributed by atoms with Gasteiger partial charge in [-0.3, -0.25) is 9.78 Å². The third-order valence-corrected chi connectivity index (χ3v) is 10.1. The van der Waals surface area contributed by atoms with Gasteiger partial charge in [-0.1, -0.05) is 0 Å². The van der Waals surface area contributed by atoms with Crippen molar-refractivity contribution >= 4 is 32.7 Å². The summed E-state index contributed by atoms with van der Waals surface area (Å²) in [5.74, 6) is -2.98. The lowest BCUT2D eigenvalue weighted by Crippen LogP contribution is -2.60. The topological polar surface area (TPSA) is 98.8 Å². The first-order chi connectivity index (χ1) is 18.2. The summed E-state index contributed by atoms with van der Waals surface area (Å²) in [6, 6.07) is 9.27. The van der Waals surface area contributed by atoms with E-state index in [1.165, 1.54) is 16.4 Å². The monoisotopic (exact) mass is 543 g/mol. The van der Waals surface area contributed by atoms with Gasteiger partial charge in [0.1, 0.15) is 6.04 Å². The predicted octanol–water partition coefficient (Wildman–Crippen LogP) is 2.84. The summed E-state index contributed by atoms with van der Waals surface area (Å²) in [7, 11) is -4.00. The Hall–Kier alpha value is -3.09. The molecule has 9 nitrogen and oxygen atoms in total. The molecule has 200 valence electrons. The number of sulfonamides is 1. The number of nitrogens with one attached hydrogen (secondary N) is 1. The highest BCUT2D eigenvalue weighted by Gasteiger charge is 2.49. The van der Waals surface area contributed by atoms with Crippen molar-refractivity contribution < 1.29 is 26.7 Å². The first-order valence-corrected chi connectivity index (χ1v) is 14.3. The van der Waals surface area contributed by atoms with Gasteiger partial charge in [-0.2, -0.15) is 4.31 Å². The van der Waals surface area contributed by atoms with Crippen LogP contribution in [-0.4, -0.2) is 90.4 Å². The minimum atomic E-state index is -4.00. The van der Waals surface area contributed by atoms with E-state index in [2.05, 4.69) is 9.97 Å². The van der Waals surface area contributed by atoms with Crippen LogP contribution in [0, 0.1) is 0 Å². The molecule has 3 atom stereocenters. The molecule has 1 N–H and O–H groups in total. The number of aromatic nitrogens is 2. The molecule has 12 heteroatoms. The second kappa shape index (κ2) is 8.45. The zero-order valence-electron chi connectivity index (χ0n) is 20.5. The number of amides is 1. The zero-order valence-corrected chi connectivity index (χ0v) is 21.3. The number of halogens is 2. The summed E-state index contributed by atoms with van der Waals surface area (Å²) < 4.78 is 62.6. The molecule has 0 saturated carbocycles. The Labute approximate surface area is 218 Å². The normalized spacial score (nSPS) is 26.8. The van der Waals surface area contributed by atoms with Crippen molar-refractivity contribution in [2.24, 2.45) is 0 Å². The zero-order chi connectivity index (χ0) is 26.2. The number of morpholine rings is 1. The number of aromatic amines is 1. The van der Waals surface area contributed by atoms with Gasteiger partial charge in [0, 0.05) is 43.5 Å². The number of ether oxygens (including phenoxy) is 1. The van der Waals surface area contributed by atoms with Crippen LogP contribution in [0.4, 0.5) is 14.5 Å². The number of hydrogen-bond acceptors (Lipinski definition) is 6. The van der Waals surface area contributed by atoms with Gasteiger partial charge in [0.2, 0.25) is 15.9 Å². The summed E-state index contributed by atoms with van der Waals surface area (Å²) in [5, 5.41) is 0. The van der Waals surface area contributed by atoms with Crippen LogP contribution in [0.5, 0.6) is 0 Å². The van der Waals surface area contributed by atoms with E-state index in [0.717, 1.165) is 11.9 Å². The molecular formula is C26H27F2N5O4S. The van der Waals surface area contributed by atoms with Crippen LogP contribution in [0.2, 0.25) is 0 Å². The van der Waals surface area contributed by atoms with Crippen LogP contribution >= 0.6 is 0 Å². The molecule has 2 aromatic heterocycles. The van der Waals surface area contributed by atoms with Crippen LogP contribution in [0.3, 0.4) is 0 Å². The van der Waals surface area contributed by atoms with Gasteiger partial charge in [0.05, 0.1) is 46.9 Å². The van der Waals surface area contributed by atoms with Crippen LogP contribution < -0.4 is 4.90 Å². The number of nitrogens with zero attached hydrogens (tertiary/aromatic N) is 4. The average molecular weight is 544 g/mol. The van der Waals surface area contributed by atoms with Crippen molar-refractivity contribution in [1.29, 1.82) is 0 Å². The standard InChI is InChI=1S/C26H27F2N5O4S/c27-26(28)6-9-31(15-26)23-4-3-18(11-19(23)21-12-22-20(30-21)2-1-7-29-22)38(35,36)33-8-5-24(33)25(34)32-13-17-10-16(32)14-37-17/h1-4,7,11-12,16-17,24,30H,5-6,8-10,13-15H2/t16-,17-,24-/m0/s1. The van der Waals surface area contributed by atoms with Gasteiger partial charge in [0.25, 0.3) is 5.92 Å². The number of H-pyrrole nitrogens is 1. The highest BCUT2D eigenvalue weighted by atomic mass is 32.2. The van der Waals surface area contributed by atoms with Crippen molar-refractivity contribution in [3.8, 4) is 11.3 Å². The van der Waals surface area contributed by atoms with E-state index in [4.69, 9.17) is 4.74 Å². The van der Waals surface area contributed by atoms with E-state index in [9.17, 15) is 22.0 Å². The first-order valence-electron chi connectivity index (χ1n) is 12.8. The average Bonchev–Trinajstić information content (AvgIpc) is 3.65. The first kappa shape index (κ1) is 24.0. The predicted molar refractivity (Wildman–Crippen MR) is 135 cm³/mol. The van der Waals surface area contributed by atoms with Crippen molar-refractivity contribution in [1.82, 2.24) is 19.2 Å². The molecule has 0 aliphatic carbocycles. The van der Waals surface area contributed by atoms with Crippen LogP contribution in [-0.2, 0) is 19.6 Å². The summed E-state index contributed by atoms with van der Waals surface area (Å²) in [4.78, 5) is 24.2. The molecule has 4 aliphatic rings. The van der Waals surface area contributed by atoms with Gasteiger partial charge in [-0.15, -0.1) is 0 Å². The van der Waals surface area contributed by atoms with E-state index >= 15 is 0 Å². The summed E-state index contributed by atoms with van der Waals surface area (Å²) >= 11 is 0. The Morgan fingerprint density at radius 1 is 1.18 bits per heavy atom. The highest BCUT2D eigenvalue weighted by molar-refractivity contribution is 7.89. The summed E-state index contributed by atoms with van der Waals surface area (Å²) in [6.45, 7) is 0.976. The number of benzene rings is 1. The fourth-order valence-corrected chi connectivity index (χ4v) is 7.76. The molecule has 0 unspecified atom stereocenters. The molecule has 3 aromatic rings. The highest BCUT2D eigenvalue weighted by Crippen LogP contribution is 2.40. The summed E-state index contributed by atoms with van der Waals surface area (Å²) in [5.41, 5.74) is 3.05. The molecular weight excluding hydrogens is 516 g/mol. The third kappa shape index (κ3) is 3.80. The summed E-state index contributed by atoms with van der Waals surface area (Å²) in [6.07, 6.45) is 2.69. The molecule has 4 saturated heterocycles. The van der Waals surface area contributed by atoms with Gasteiger partial charge < -0.3 is 19.5 Å². The minimum absolute atomic E-state index is 0.0118. The molecule has 4 fully saturated rings. The lowest BCUT2D eigenvalue weighted by molar-refractivity contribution is -0.142. The number of fused-ring (bicyclic) bond motifs is 3. The number of hydrogen-bond donors (Lipinski definition) is 1. The maximum absolute atomic E-state index is 14.1. The second-order valence-corrected chi connectivity index (χ2v) is 12.5. The molecule has 0 radical (unpaired) electrons. The quantitative estimate of drug-likeness (QED) is 0.532. The Morgan fingerprint density at radius 2 is 2.05 bits per heavy atom. The van der Waals surface area contributed by atoms with Crippen molar-refractivity contribution in [2.45, 2.75) is 48.3 Å². The van der Waals surface area contributed by atoms with Crippen LogP contribution in [0.1, 0.15) is 19.3 Å². The molecule has 4 aliphatic heterocycles. The van der Waals surface area contributed by atoms with Gasteiger partial charge in [0.15, 0.2) is 0 Å². The Balaban J connectivity index is 1.24. The van der Waals surface area contributed by atoms with Crippen molar-refractivity contribution in [3.63, 3.8) is 0 Å².